The van der Waals surface area contributed by atoms with Gasteiger partial charge in [-0.05, 0) is 31.2 Å². The minimum atomic E-state index is 0.605. The second kappa shape index (κ2) is 6.67. The Morgan fingerprint density at radius 3 is 2.87 bits per heavy atom. The molecule has 0 spiro atoms. The van der Waals surface area contributed by atoms with E-state index in [-0.39, 0.29) is 0 Å². The Balaban J connectivity index is 1.59. The van der Waals surface area contributed by atoms with Crippen LogP contribution in [0.25, 0.3) is 38.2 Å². The number of rotatable bonds is 3. The smallest absolute Gasteiger partial charge is 0.167 e. The zero-order valence-corrected chi connectivity index (χ0v) is 17.0. The van der Waals surface area contributed by atoms with Gasteiger partial charge in [0.05, 0.1) is 39.4 Å². The van der Waals surface area contributed by atoms with Crippen LogP contribution in [0.2, 0.25) is 0 Å². The first-order valence-corrected chi connectivity index (χ1v) is 10.5. The number of aryl methyl sites for hydroxylation is 1. The standard InChI is InChI=1S/C23H16N6S/c1-14-19(18-8-4-5-11-29(18)28-14)23-27-20(21(30-23)22-24-9-10-25-22)16-12-15-6-2-3-7-17(15)26-13-16/h2-9,11-13H,10H2,1H3. The van der Waals surface area contributed by atoms with Crippen LogP contribution in [0.3, 0.4) is 0 Å². The van der Waals surface area contributed by atoms with E-state index in [1.54, 1.807) is 11.3 Å². The van der Waals surface area contributed by atoms with E-state index in [1.165, 1.54) is 0 Å². The van der Waals surface area contributed by atoms with Crippen molar-refractivity contribution in [2.24, 2.45) is 9.98 Å². The second-order valence-corrected chi connectivity index (χ2v) is 8.08. The predicted octanol–water partition coefficient (Wildman–Crippen LogP) is 4.81. The SMILES string of the molecule is Cc1nn2ccccc2c1-c1nc(-c2cnc3ccccc3c2)c(C2=NCC=N2)s1. The molecular weight excluding hydrogens is 392 g/mol. The van der Waals surface area contributed by atoms with E-state index < -0.39 is 0 Å². The van der Waals surface area contributed by atoms with Gasteiger partial charge in [-0.2, -0.15) is 5.10 Å². The van der Waals surface area contributed by atoms with Crippen LogP contribution in [-0.2, 0) is 0 Å². The van der Waals surface area contributed by atoms with E-state index in [2.05, 4.69) is 38.3 Å². The van der Waals surface area contributed by atoms with Crippen LogP contribution in [0.5, 0.6) is 0 Å². The molecule has 0 amide bonds. The number of benzene rings is 1. The van der Waals surface area contributed by atoms with Gasteiger partial charge in [-0.25, -0.2) is 14.5 Å². The normalized spacial score (nSPS) is 13.4. The number of fused-ring (bicyclic) bond motifs is 2. The van der Waals surface area contributed by atoms with Gasteiger partial charge in [0.25, 0.3) is 0 Å². The first kappa shape index (κ1) is 17.2. The molecule has 1 aromatic carbocycles. The van der Waals surface area contributed by atoms with Gasteiger partial charge < -0.3 is 0 Å². The molecule has 1 aliphatic heterocycles. The van der Waals surface area contributed by atoms with Crippen molar-refractivity contribution in [1.29, 1.82) is 0 Å². The summed E-state index contributed by atoms with van der Waals surface area (Å²) >= 11 is 1.61. The Morgan fingerprint density at radius 2 is 1.97 bits per heavy atom. The number of hydrogen-bond donors (Lipinski definition) is 0. The van der Waals surface area contributed by atoms with Crippen LogP contribution >= 0.6 is 11.3 Å². The Hall–Kier alpha value is -3.71. The number of aliphatic imine (C=N–C) groups is 2. The summed E-state index contributed by atoms with van der Waals surface area (Å²) < 4.78 is 1.90. The fourth-order valence-electron chi connectivity index (χ4n) is 3.78. The minimum Gasteiger partial charge on any atom is -0.260 e. The van der Waals surface area contributed by atoms with Crippen molar-refractivity contribution in [2.75, 3.05) is 6.54 Å². The van der Waals surface area contributed by atoms with Gasteiger partial charge in [0.2, 0.25) is 0 Å². The molecule has 0 fully saturated rings. The summed E-state index contributed by atoms with van der Waals surface area (Å²) in [6.07, 6.45) is 5.67. The molecule has 0 bridgehead atoms. The van der Waals surface area contributed by atoms with Gasteiger partial charge >= 0.3 is 0 Å². The zero-order chi connectivity index (χ0) is 20.1. The lowest BCUT2D eigenvalue weighted by Crippen LogP contribution is -1.94. The molecule has 0 N–H and O–H groups in total. The maximum Gasteiger partial charge on any atom is 0.167 e. The molecule has 0 saturated carbocycles. The molecule has 144 valence electrons. The van der Waals surface area contributed by atoms with Crippen LogP contribution < -0.4 is 0 Å². The molecule has 0 atom stereocenters. The van der Waals surface area contributed by atoms with Crippen molar-refractivity contribution in [3.8, 4) is 21.8 Å². The molecule has 0 saturated heterocycles. The van der Waals surface area contributed by atoms with Gasteiger partial charge in [-0.3, -0.25) is 9.98 Å². The van der Waals surface area contributed by atoms with Crippen molar-refractivity contribution >= 4 is 39.8 Å². The number of pyridine rings is 2. The molecule has 7 heteroatoms. The topological polar surface area (TPSA) is 67.8 Å². The predicted molar refractivity (Wildman–Crippen MR) is 122 cm³/mol. The molecule has 6 nitrogen and oxygen atoms in total. The lowest BCUT2D eigenvalue weighted by atomic mass is 10.1. The second-order valence-electron chi connectivity index (χ2n) is 7.08. The van der Waals surface area contributed by atoms with Crippen LogP contribution in [0, 0.1) is 6.92 Å². The summed E-state index contributed by atoms with van der Waals surface area (Å²) in [7, 11) is 0. The third kappa shape index (κ3) is 2.67. The number of hydrogen-bond acceptors (Lipinski definition) is 6. The Kier molecular flexibility index (Phi) is 3.82. The molecule has 30 heavy (non-hydrogen) atoms. The maximum absolute atomic E-state index is 5.06. The van der Waals surface area contributed by atoms with Gasteiger partial charge in [-0.1, -0.05) is 24.3 Å². The first-order chi connectivity index (χ1) is 14.8. The van der Waals surface area contributed by atoms with Crippen molar-refractivity contribution in [3.05, 3.63) is 71.5 Å². The van der Waals surface area contributed by atoms with Gasteiger partial charge in [-0.15, -0.1) is 11.3 Å². The highest BCUT2D eigenvalue weighted by Crippen LogP contribution is 2.38. The average molecular weight is 408 g/mol. The fourth-order valence-corrected chi connectivity index (χ4v) is 4.93. The molecule has 6 rings (SSSR count). The van der Waals surface area contributed by atoms with E-state index in [9.17, 15) is 0 Å². The Morgan fingerprint density at radius 1 is 1.07 bits per heavy atom. The number of nitrogens with zero attached hydrogens (tertiary/aromatic N) is 6. The summed E-state index contributed by atoms with van der Waals surface area (Å²) in [5, 5.41) is 6.65. The van der Waals surface area contributed by atoms with Crippen LogP contribution in [-0.4, -0.2) is 38.2 Å². The maximum atomic E-state index is 5.06. The van der Waals surface area contributed by atoms with E-state index in [1.807, 2.05) is 60.4 Å². The third-order valence-corrected chi connectivity index (χ3v) is 6.23. The van der Waals surface area contributed by atoms with Gasteiger partial charge in [0, 0.05) is 29.6 Å². The van der Waals surface area contributed by atoms with Crippen molar-refractivity contribution in [3.63, 3.8) is 0 Å². The Bertz CT molecular complexity index is 1490. The van der Waals surface area contributed by atoms with E-state index in [4.69, 9.17) is 4.98 Å². The molecule has 4 aromatic heterocycles. The summed E-state index contributed by atoms with van der Waals surface area (Å²) in [5.41, 5.74) is 5.82. The largest absolute Gasteiger partial charge is 0.260 e. The van der Waals surface area contributed by atoms with Crippen LogP contribution in [0.1, 0.15) is 10.6 Å². The lowest BCUT2D eigenvalue weighted by Gasteiger charge is -2.03. The van der Waals surface area contributed by atoms with Crippen LogP contribution in [0.15, 0.2) is 70.9 Å². The van der Waals surface area contributed by atoms with E-state index in [0.29, 0.717) is 6.54 Å². The highest BCUT2D eigenvalue weighted by Gasteiger charge is 2.23. The van der Waals surface area contributed by atoms with E-state index in [0.717, 1.165) is 54.7 Å². The summed E-state index contributed by atoms with van der Waals surface area (Å²) in [6.45, 7) is 2.62. The van der Waals surface area contributed by atoms with Gasteiger partial charge in [0.1, 0.15) is 5.01 Å². The van der Waals surface area contributed by atoms with Crippen molar-refractivity contribution in [1.82, 2.24) is 19.6 Å². The molecule has 0 radical (unpaired) electrons. The Labute approximate surface area is 176 Å². The lowest BCUT2D eigenvalue weighted by molar-refractivity contribution is 0.934. The first-order valence-electron chi connectivity index (χ1n) is 9.65. The summed E-state index contributed by atoms with van der Waals surface area (Å²) in [5.74, 6) is 0.732. The molecule has 0 unspecified atom stereocenters. The number of para-hydroxylation sites is 1. The summed E-state index contributed by atoms with van der Waals surface area (Å²) in [6, 6.07) is 16.3. The van der Waals surface area contributed by atoms with Gasteiger partial charge in [0.15, 0.2) is 5.84 Å². The highest BCUT2D eigenvalue weighted by molar-refractivity contribution is 7.17. The third-order valence-electron chi connectivity index (χ3n) is 5.16. The number of aromatic nitrogens is 4. The summed E-state index contributed by atoms with van der Waals surface area (Å²) in [4.78, 5) is 19.7. The molecular formula is C23H16N6S. The molecule has 0 aliphatic carbocycles. The number of amidine groups is 1. The molecule has 5 aromatic rings. The number of thiazole rings is 1. The van der Waals surface area contributed by atoms with E-state index >= 15 is 0 Å². The minimum absolute atomic E-state index is 0.605. The quantitative estimate of drug-likeness (QED) is 0.430. The van der Waals surface area contributed by atoms with Crippen LogP contribution in [0.4, 0.5) is 0 Å². The zero-order valence-electron chi connectivity index (χ0n) is 16.1. The highest BCUT2D eigenvalue weighted by atomic mass is 32.1. The monoisotopic (exact) mass is 408 g/mol. The van der Waals surface area contributed by atoms with Crippen molar-refractivity contribution < 1.29 is 0 Å². The van der Waals surface area contributed by atoms with Crippen molar-refractivity contribution in [2.45, 2.75) is 6.92 Å². The fraction of sp³-hybridized carbons (Fsp3) is 0.0870. The molecule has 5 heterocycles. The molecule has 1 aliphatic rings. The average Bonchev–Trinajstić information content (AvgIpc) is 3.50.